The van der Waals surface area contributed by atoms with Crippen molar-refractivity contribution in [2.75, 3.05) is 26.7 Å². The fourth-order valence-corrected chi connectivity index (χ4v) is 6.33. The zero-order chi connectivity index (χ0) is 28.9. The van der Waals surface area contributed by atoms with E-state index in [9.17, 15) is 30.9 Å². The van der Waals surface area contributed by atoms with Gasteiger partial charge in [-0.3, -0.25) is 9.32 Å². The molecule has 1 aliphatic rings. The molecule has 2 aromatic carbocycles. The third-order valence-corrected chi connectivity index (χ3v) is 8.74. The smallest absolute Gasteiger partial charge is 0.457 e. The maximum atomic E-state index is 13.7. The van der Waals surface area contributed by atoms with Crippen LogP contribution in [0.15, 0.2) is 53.4 Å². The SMILES string of the molecule is COC(CNC(=O)C1(S(=O)(=O)c2ccc(Oc3ccc(OC(F)(F)F)cc3)cc2)CCNCC1)OP(=O)(O)O. The molecule has 0 saturated carbocycles. The van der Waals surface area contributed by atoms with E-state index in [2.05, 4.69) is 19.9 Å². The number of sulfone groups is 1. The van der Waals surface area contributed by atoms with Crippen LogP contribution in [0.1, 0.15) is 12.8 Å². The minimum absolute atomic E-state index is 0.0806. The zero-order valence-corrected chi connectivity index (χ0v) is 22.1. The number of carbonyl (C=O) groups excluding carboxylic acids is 1. The molecule has 3 rings (SSSR count). The van der Waals surface area contributed by atoms with Gasteiger partial charge in [0.05, 0.1) is 11.4 Å². The molecule has 1 aliphatic heterocycles. The predicted molar refractivity (Wildman–Crippen MR) is 129 cm³/mol. The fraction of sp³-hybridized carbons (Fsp3) is 0.409. The van der Waals surface area contributed by atoms with E-state index in [0.29, 0.717) is 0 Å². The molecule has 1 saturated heterocycles. The number of rotatable bonds is 11. The molecule has 0 radical (unpaired) electrons. The summed E-state index contributed by atoms with van der Waals surface area (Å²) in [5, 5.41) is 5.35. The van der Waals surface area contributed by atoms with Crippen molar-refractivity contribution >= 4 is 23.6 Å². The van der Waals surface area contributed by atoms with Crippen LogP contribution in [0.25, 0.3) is 0 Å². The summed E-state index contributed by atoms with van der Waals surface area (Å²) >= 11 is 0. The fourth-order valence-electron chi connectivity index (χ4n) is 3.86. The van der Waals surface area contributed by atoms with Crippen LogP contribution < -0.4 is 20.1 Å². The van der Waals surface area contributed by atoms with Gasteiger partial charge in [0.1, 0.15) is 17.2 Å². The summed E-state index contributed by atoms with van der Waals surface area (Å²) in [5.74, 6) is -0.979. The summed E-state index contributed by atoms with van der Waals surface area (Å²) in [5.41, 5.74) is 0. The molecule has 17 heteroatoms. The number of phosphoric acid groups is 1. The second-order valence-electron chi connectivity index (χ2n) is 8.31. The van der Waals surface area contributed by atoms with Gasteiger partial charge in [-0.25, -0.2) is 13.0 Å². The van der Waals surface area contributed by atoms with Gasteiger partial charge in [-0.1, -0.05) is 0 Å². The van der Waals surface area contributed by atoms with Gasteiger partial charge in [-0.15, -0.1) is 13.2 Å². The molecule has 0 spiro atoms. The summed E-state index contributed by atoms with van der Waals surface area (Å²) in [6.45, 7) is -0.0894. The molecule has 0 bridgehead atoms. The monoisotopic (exact) mass is 598 g/mol. The first-order valence-electron chi connectivity index (χ1n) is 11.3. The zero-order valence-electron chi connectivity index (χ0n) is 20.4. The Hall–Kier alpha value is -2.72. The molecule has 216 valence electrons. The largest absolute Gasteiger partial charge is 0.573 e. The van der Waals surface area contributed by atoms with Gasteiger partial charge in [0.15, 0.2) is 20.9 Å². The number of hydrogen-bond donors (Lipinski definition) is 4. The first kappa shape index (κ1) is 30.8. The molecule has 12 nitrogen and oxygen atoms in total. The molecule has 1 heterocycles. The van der Waals surface area contributed by atoms with Crippen molar-refractivity contribution < 1.29 is 59.5 Å². The molecule has 2 aromatic rings. The van der Waals surface area contributed by atoms with Gasteiger partial charge < -0.3 is 34.6 Å². The minimum atomic E-state index is -4.94. The van der Waals surface area contributed by atoms with Crippen molar-refractivity contribution in [1.29, 1.82) is 0 Å². The van der Waals surface area contributed by atoms with Crippen molar-refractivity contribution in [3.8, 4) is 17.2 Å². The molecule has 39 heavy (non-hydrogen) atoms. The lowest BCUT2D eigenvalue weighted by molar-refractivity contribution is -0.274. The van der Waals surface area contributed by atoms with E-state index in [0.717, 1.165) is 19.2 Å². The van der Waals surface area contributed by atoms with Crippen LogP contribution in [0.5, 0.6) is 17.2 Å². The molecule has 1 atom stereocenters. The van der Waals surface area contributed by atoms with Crippen molar-refractivity contribution in [2.45, 2.75) is 35.1 Å². The molecule has 0 aliphatic carbocycles. The number of benzene rings is 2. The lowest BCUT2D eigenvalue weighted by Gasteiger charge is -2.36. The van der Waals surface area contributed by atoms with Crippen LogP contribution in [-0.4, -0.2) is 68.3 Å². The Morgan fingerprint density at radius 1 is 1.05 bits per heavy atom. The second-order valence-corrected chi connectivity index (χ2v) is 11.8. The van der Waals surface area contributed by atoms with E-state index in [-0.39, 0.29) is 42.3 Å². The van der Waals surface area contributed by atoms with E-state index in [1.165, 1.54) is 36.4 Å². The lowest BCUT2D eigenvalue weighted by Crippen LogP contribution is -2.58. The van der Waals surface area contributed by atoms with Crippen LogP contribution >= 0.6 is 7.82 Å². The summed E-state index contributed by atoms with van der Waals surface area (Å²) < 4.78 is 92.1. The van der Waals surface area contributed by atoms with Crippen LogP contribution in [-0.2, 0) is 28.5 Å². The number of hydrogen-bond acceptors (Lipinski definition) is 9. The van der Waals surface area contributed by atoms with Gasteiger partial charge >= 0.3 is 14.2 Å². The van der Waals surface area contributed by atoms with E-state index in [1.807, 2.05) is 0 Å². The molecule has 1 unspecified atom stereocenters. The Bertz CT molecular complexity index is 1280. The number of methoxy groups -OCH3 is 1. The first-order chi connectivity index (χ1) is 18.1. The van der Waals surface area contributed by atoms with Crippen LogP contribution in [0.4, 0.5) is 13.2 Å². The summed E-state index contributed by atoms with van der Waals surface area (Å²) in [7, 11) is -8.13. The van der Waals surface area contributed by atoms with Crippen molar-refractivity contribution in [3.63, 3.8) is 0 Å². The average molecular weight is 598 g/mol. The number of carbonyl (C=O) groups is 1. The quantitative estimate of drug-likeness (QED) is 0.221. The summed E-state index contributed by atoms with van der Waals surface area (Å²) in [6.07, 6.45) is -6.53. The van der Waals surface area contributed by atoms with Gasteiger partial charge in [0, 0.05) is 7.11 Å². The molecule has 4 N–H and O–H groups in total. The summed E-state index contributed by atoms with van der Waals surface area (Å²) in [4.78, 5) is 31.0. The molecular formula is C22H26F3N2O10PS. The predicted octanol–water partition coefficient (Wildman–Crippen LogP) is 2.47. The maximum absolute atomic E-state index is 13.7. The Morgan fingerprint density at radius 2 is 1.56 bits per heavy atom. The molecular weight excluding hydrogens is 572 g/mol. The highest BCUT2D eigenvalue weighted by molar-refractivity contribution is 7.93. The number of nitrogens with one attached hydrogen (secondary N) is 2. The number of halogens is 3. The lowest BCUT2D eigenvalue weighted by atomic mass is 9.96. The number of phosphoric ester groups is 1. The highest BCUT2D eigenvalue weighted by Crippen LogP contribution is 2.38. The van der Waals surface area contributed by atoms with Crippen LogP contribution in [0, 0.1) is 0 Å². The minimum Gasteiger partial charge on any atom is -0.457 e. The Labute approximate surface area is 221 Å². The third-order valence-electron chi connectivity index (χ3n) is 5.71. The standard InChI is InChI=1S/C22H26F3N2O10PS/c1-34-19(37-38(29,30)31)14-27-20(28)21(10-12-26-13-11-21)39(32,33)18-8-6-16(7-9-18)35-15-2-4-17(5-3-15)36-22(23,24)25/h2-9,19,26H,10-14H2,1H3,(H,27,28)(H2,29,30,31). The van der Waals surface area contributed by atoms with Crippen molar-refractivity contribution in [3.05, 3.63) is 48.5 Å². The van der Waals surface area contributed by atoms with E-state index in [1.54, 1.807) is 0 Å². The summed E-state index contributed by atoms with van der Waals surface area (Å²) in [6, 6.07) is 9.71. The van der Waals surface area contributed by atoms with Crippen LogP contribution in [0.2, 0.25) is 0 Å². The molecule has 0 aromatic heterocycles. The number of ether oxygens (including phenoxy) is 3. The average Bonchev–Trinajstić information content (AvgIpc) is 2.86. The molecule has 1 fully saturated rings. The topological polar surface area (TPSA) is 170 Å². The normalized spacial score (nSPS) is 16.8. The van der Waals surface area contributed by atoms with Crippen molar-refractivity contribution in [2.24, 2.45) is 0 Å². The number of amides is 1. The van der Waals surface area contributed by atoms with Crippen LogP contribution in [0.3, 0.4) is 0 Å². The first-order valence-corrected chi connectivity index (χ1v) is 14.3. The van der Waals surface area contributed by atoms with Gasteiger partial charge in [-0.2, -0.15) is 0 Å². The Balaban J connectivity index is 1.76. The van der Waals surface area contributed by atoms with Gasteiger partial charge in [0.25, 0.3) is 0 Å². The highest BCUT2D eigenvalue weighted by Gasteiger charge is 2.51. The Kier molecular flexibility index (Phi) is 9.64. The number of piperidine rings is 1. The second kappa shape index (κ2) is 12.2. The third kappa shape index (κ3) is 8.14. The molecule has 1 amide bonds. The van der Waals surface area contributed by atoms with E-state index < -0.39 is 53.3 Å². The van der Waals surface area contributed by atoms with Crippen molar-refractivity contribution in [1.82, 2.24) is 10.6 Å². The Morgan fingerprint density at radius 3 is 2.05 bits per heavy atom. The van der Waals surface area contributed by atoms with E-state index >= 15 is 0 Å². The number of alkyl halides is 3. The van der Waals surface area contributed by atoms with Gasteiger partial charge in [-0.05, 0) is 74.5 Å². The van der Waals surface area contributed by atoms with E-state index in [4.69, 9.17) is 19.3 Å². The highest BCUT2D eigenvalue weighted by atomic mass is 32.2. The maximum Gasteiger partial charge on any atom is 0.573 e. The van der Waals surface area contributed by atoms with Gasteiger partial charge in [0.2, 0.25) is 5.91 Å².